The number of nitrogens with zero attached hydrogens (tertiary/aromatic N) is 1. The summed E-state index contributed by atoms with van der Waals surface area (Å²) >= 11 is 0. The van der Waals surface area contributed by atoms with Crippen molar-refractivity contribution in [2.45, 2.75) is 58.3 Å². The summed E-state index contributed by atoms with van der Waals surface area (Å²) < 4.78 is 0. The van der Waals surface area contributed by atoms with Crippen LogP contribution in [0.15, 0.2) is 0 Å². The Bertz CT molecular complexity index is 142. The van der Waals surface area contributed by atoms with Crippen LogP contribution >= 0.6 is 0 Å². The van der Waals surface area contributed by atoms with Crippen molar-refractivity contribution in [2.75, 3.05) is 26.2 Å². The maximum atomic E-state index is 3.44. The van der Waals surface area contributed by atoms with Crippen LogP contribution in [0.3, 0.4) is 0 Å². The molecular formula is C14H29N2. The maximum Gasteiger partial charge on any atom is 0.0221 e. The van der Waals surface area contributed by atoms with Crippen molar-refractivity contribution < 1.29 is 0 Å². The molecule has 1 radical (unpaired) electrons. The highest BCUT2D eigenvalue weighted by molar-refractivity contribution is 4.69. The molecule has 1 saturated heterocycles. The number of hydrogen-bond donors (Lipinski definition) is 1. The van der Waals surface area contributed by atoms with Gasteiger partial charge in [0, 0.05) is 19.6 Å². The summed E-state index contributed by atoms with van der Waals surface area (Å²) in [7, 11) is 0. The van der Waals surface area contributed by atoms with E-state index in [4.69, 9.17) is 0 Å². The molecule has 1 aliphatic heterocycles. The zero-order chi connectivity index (χ0) is 11.5. The summed E-state index contributed by atoms with van der Waals surface area (Å²) in [5.74, 6) is 0. The van der Waals surface area contributed by atoms with Crippen LogP contribution in [-0.4, -0.2) is 31.1 Å². The molecule has 0 bridgehead atoms. The molecule has 0 aromatic carbocycles. The van der Waals surface area contributed by atoms with E-state index in [0.29, 0.717) is 0 Å². The third kappa shape index (κ3) is 7.24. The number of nitrogens with one attached hydrogen (secondary N) is 1. The second-order valence-corrected chi connectivity index (χ2v) is 4.91. The minimum Gasteiger partial charge on any atom is -0.311 e. The molecule has 1 N–H and O–H groups in total. The summed E-state index contributed by atoms with van der Waals surface area (Å²) in [4.78, 5) is 2.56. The zero-order valence-electron chi connectivity index (χ0n) is 11.0. The first-order valence-corrected chi connectivity index (χ1v) is 7.21. The molecule has 0 unspecified atom stereocenters. The van der Waals surface area contributed by atoms with Gasteiger partial charge in [-0.25, -0.2) is 0 Å². The predicted octanol–water partition coefficient (Wildman–Crippen LogP) is 3.19. The van der Waals surface area contributed by atoms with E-state index in [1.165, 1.54) is 71.0 Å². The number of hydrogen-bond acceptors (Lipinski definition) is 2. The molecule has 0 aromatic heterocycles. The average Bonchev–Trinajstić information content (AvgIpc) is 2.80. The molecule has 0 amide bonds. The molecule has 1 fully saturated rings. The van der Waals surface area contributed by atoms with Gasteiger partial charge in [0.15, 0.2) is 0 Å². The first-order valence-electron chi connectivity index (χ1n) is 7.21. The van der Waals surface area contributed by atoms with Crippen LogP contribution in [0, 0.1) is 6.54 Å². The Morgan fingerprint density at radius 3 is 2.56 bits per heavy atom. The normalized spacial score (nSPS) is 17.1. The molecule has 0 aromatic rings. The fourth-order valence-electron chi connectivity index (χ4n) is 2.28. The van der Waals surface area contributed by atoms with Gasteiger partial charge in [0.1, 0.15) is 0 Å². The molecule has 0 atom stereocenters. The Labute approximate surface area is 102 Å². The monoisotopic (exact) mass is 225 g/mol. The molecule has 16 heavy (non-hydrogen) atoms. The molecule has 95 valence electrons. The van der Waals surface area contributed by atoms with Crippen LogP contribution < -0.4 is 5.32 Å². The van der Waals surface area contributed by atoms with Gasteiger partial charge in [-0.3, -0.25) is 0 Å². The van der Waals surface area contributed by atoms with Gasteiger partial charge in [0.2, 0.25) is 0 Å². The van der Waals surface area contributed by atoms with E-state index in [-0.39, 0.29) is 0 Å². The maximum absolute atomic E-state index is 3.44. The minimum atomic E-state index is 1.13. The van der Waals surface area contributed by atoms with Crippen LogP contribution in [0.1, 0.15) is 58.3 Å². The molecule has 1 aliphatic rings. The topological polar surface area (TPSA) is 15.3 Å². The fourth-order valence-corrected chi connectivity index (χ4v) is 2.28. The van der Waals surface area contributed by atoms with E-state index in [9.17, 15) is 0 Å². The highest BCUT2D eigenvalue weighted by Gasteiger charge is 2.09. The van der Waals surface area contributed by atoms with Crippen molar-refractivity contribution in [3.8, 4) is 0 Å². The van der Waals surface area contributed by atoms with Gasteiger partial charge in [0.25, 0.3) is 0 Å². The molecular weight excluding hydrogens is 196 g/mol. The smallest absolute Gasteiger partial charge is 0.0221 e. The van der Waals surface area contributed by atoms with Crippen LogP contribution in [0.25, 0.3) is 0 Å². The highest BCUT2D eigenvalue weighted by Crippen LogP contribution is 2.06. The lowest BCUT2D eigenvalue weighted by Gasteiger charge is -2.14. The highest BCUT2D eigenvalue weighted by atomic mass is 15.1. The number of likely N-dealkylation sites (tertiary alicyclic amines) is 1. The number of rotatable bonds is 10. The fraction of sp³-hybridized carbons (Fsp3) is 0.929. The van der Waals surface area contributed by atoms with Crippen LogP contribution in [0.2, 0.25) is 0 Å². The van der Waals surface area contributed by atoms with Crippen molar-refractivity contribution >= 4 is 0 Å². The minimum absolute atomic E-state index is 1.13. The summed E-state index contributed by atoms with van der Waals surface area (Å²) in [5.41, 5.74) is 0. The van der Waals surface area contributed by atoms with Gasteiger partial charge >= 0.3 is 0 Å². The molecule has 1 rings (SSSR count). The van der Waals surface area contributed by atoms with Crippen molar-refractivity contribution in [1.29, 1.82) is 0 Å². The molecule has 2 nitrogen and oxygen atoms in total. The summed E-state index contributed by atoms with van der Waals surface area (Å²) in [6.07, 6.45) is 11.0. The Morgan fingerprint density at radius 1 is 1.06 bits per heavy atom. The van der Waals surface area contributed by atoms with E-state index in [0.717, 1.165) is 6.54 Å². The quantitative estimate of drug-likeness (QED) is 0.574. The Hall–Kier alpha value is -0.0800. The van der Waals surface area contributed by atoms with E-state index >= 15 is 0 Å². The largest absolute Gasteiger partial charge is 0.311 e. The standard InChI is InChI=1S/C14H29N2/c1-2-3-4-5-6-7-10-15-11-14-16-12-8-9-13-16/h10,15H,2-9,11-14H2,1H3. The third-order valence-electron chi connectivity index (χ3n) is 3.37. The van der Waals surface area contributed by atoms with Gasteiger partial charge in [-0.2, -0.15) is 0 Å². The zero-order valence-corrected chi connectivity index (χ0v) is 11.0. The van der Waals surface area contributed by atoms with E-state index in [2.05, 4.69) is 23.7 Å². The summed E-state index contributed by atoms with van der Waals surface area (Å²) in [6.45, 7) is 9.53. The Kier molecular flexibility index (Phi) is 8.83. The van der Waals surface area contributed by atoms with Crippen molar-refractivity contribution in [3.05, 3.63) is 6.54 Å². The molecule has 0 aliphatic carbocycles. The lowest BCUT2D eigenvalue weighted by Crippen LogP contribution is -2.28. The third-order valence-corrected chi connectivity index (χ3v) is 3.37. The molecule has 0 saturated carbocycles. The number of unbranched alkanes of at least 4 members (excludes halogenated alkanes) is 5. The van der Waals surface area contributed by atoms with E-state index in [1.807, 2.05) is 0 Å². The van der Waals surface area contributed by atoms with Crippen LogP contribution in [0.5, 0.6) is 0 Å². The van der Waals surface area contributed by atoms with Gasteiger partial charge in [-0.05, 0) is 32.4 Å². The first kappa shape index (κ1) is 14.0. The molecule has 0 spiro atoms. The van der Waals surface area contributed by atoms with E-state index in [1.54, 1.807) is 0 Å². The Balaban J connectivity index is 1.71. The average molecular weight is 225 g/mol. The van der Waals surface area contributed by atoms with Crippen LogP contribution in [-0.2, 0) is 0 Å². The Morgan fingerprint density at radius 2 is 1.81 bits per heavy atom. The predicted molar refractivity (Wildman–Crippen MR) is 71.4 cm³/mol. The lowest BCUT2D eigenvalue weighted by atomic mass is 10.1. The molecule has 2 heteroatoms. The molecule has 1 heterocycles. The summed E-state index contributed by atoms with van der Waals surface area (Å²) in [5, 5.41) is 3.44. The van der Waals surface area contributed by atoms with Gasteiger partial charge < -0.3 is 10.2 Å². The lowest BCUT2D eigenvalue weighted by molar-refractivity contribution is 0.339. The second-order valence-electron chi connectivity index (χ2n) is 4.91. The van der Waals surface area contributed by atoms with Crippen molar-refractivity contribution in [2.24, 2.45) is 0 Å². The summed E-state index contributed by atoms with van der Waals surface area (Å²) in [6, 6.07) is 0. The SMILES string of the molecule is CCCCCCC[CH]NCCN1CCCC1. The van der Waals surface area contributed by atoms with Gasteiger partial charge in [0.05, 0.1) is 0 Å². The van der Waals surface area contributed by atoms with Crippen LogP contribution in [0.4, 0.5) is 0 Å². The second kappa shape index (κ2) is 10.1. The van der Waals surface area contributed by atoms with E-state index < -0.39 is 0 Å². The van der Waals surface area contributed by atoms with Crippen molar-refractivity contribution in [1.82, 2.24) is 10.2 Å². The first-order chi connectivity index (χ1) is 7.93. The van der Waals surface area contributed by atoms with Gasteiger partial charge in [-0.1, -0.05) is 39.0 Å². The van der Waals surface area contributed by atoms with Crippen molar-refractivity contribution in [3.63, 3.8) is 0 Å². The van der Waals surface area contributed by atoms with Gasteiger partial charge in [-0.15, -0.1) is 0 Å².